The molecule has 1 aromatic heterocycles. The van der Waals surface area contributed by atoms with Gasteiger partial charge in [-0.1, -0.05) is 23.9 Å². The Morgan fingerprint density at radius 2 is 2.00 bits per heavy atom. The Kier molecular flexibility index (Phi) is 5.22. The Hall–Kier alpha value is -2.01. The number of rotatable bonds is 6. The van der Waals surface area contributed by atoms with E-state index in [-0.39, 0.29) is 12.5 Å². The highest BCUT2D eigenvalue weighted by Crippen LogP contribution is 2.33. The number of carboxylic acids is 1. The molecule has 0 bridgehead atoms. The van der Waals surface area contributed by atoms with Crippen LogP contribution < -0.4 is 4.74 Å². The van der Waals surface area contributed by atoms with Gasteiger partial charge in [0.2, 0.25) is 0 Å². The van der Waals surface area contributed by atoms with Gasteiger partial charge in [-0.25, -0.2) is 4.98 Å². The second kappa shape index (κ2) is 7.13. The predicted octanol–water partition coefficient (Wildman–Crippen LogP) is 3.65. The first-order chi connectivity index (χ1) is 10.0. The van der Waals surface area contributed by atoms with E-state index in [1.807, 2.05) is 50.2 Å². The zero-order valence-electron chi connectivity index (χ0n) is 11.9. The van der Waals surface area contributed by atoms with Gasteiger partial charge in [0, 0.05) is 11.1 Å². The topological polar surface area (TPSA) is 59.4 Å². The molecule has 0 aliphatic rings. The molecule has 0 aliphatic heterocycles. The largest absolute Gasteiger partial charge is 0.488 e. The SMILES string of the molecule is CC(C)Oc1cccnc1Sc1ccc(CC(=O)O)cc1. The Bertz CT molecular complexity index is 611. The Morgan fingerprint density at radius 1 is 1.29 bits per heavy atom. The Balaban J connectivity index is 2.13. The van der Waals surface area contributed by atoms with E-state index < -0.39 is 5.97 Å². The standard InChI is InChI=1S/C16H17NO3S/c1-11(2)20-14-4-3-9-17-16(14)21-13-7-5-12(6-8-13)10-15(18)19/h3-9,11H,10H2,1-2H3,(H,18,19). The summed E-state index contributed by atoms with van der Waals surface area (Å²) in [5, 5.41) is 9.56. The number of aromatic nitrogens is 1. The molecule has 0 saturated carbocycles. The van der Waals surface area contributed by atoms with E-state index in [1.165, 1.54) is 11.8 Å². The molecule has 21 heavy (non-hydrogen) atoms. The highest BCUT2D eigenvalue weighted by atomic mass is 32.2. The molecule has 0 amide bonds. The van der Waals surface area contributed by atoms with Gasteiger partial charge < -0.3 is 9.84 Å². The van der Waals surface area contributed by atoms with Gasteiger partial charge in [0.1, 0.15) is 5.03 Å². The summed E-state index contributed by atoms with van der Waals surface area (Å²) >= 11 is 1.50. The van der Waals surface area contributed by atoms with Crippen molar-refractivity contribution < 1.29 is 14.6 Å². The smallest absolute Gasteiger partial charge is 0.307 e. The molecule has 4 nitrogen and oxygen atoms in total. The highest BCUT2D eigenvalue weighted by Gasteiger charge is 2.09. The van der Waals surface area contributed by atoms with Gasteiger partial charge in [-0.05, 0) is 43.7 Å². The lowest BCUT2D eigenvalue weighted by Crippen LogP contribution is -2.06. The maximum atomic E-state index is 10.7. The van der Waals surface area contributed by atoms with Crippen LogP contribution in [0.25, 0.3) is 0 Å². The molecule has 1 heterocycles. The molecule has 110 valence electrons. The molecule has 2 rings (SSSR count). The first-order valence-corrected chi connectivity index (χ1v) is 7.46. The quantitative estimate of drug-likeness (QED) is 0.882. The third-order valence-corrected chi connectivity index (χ3v) is 3.60. The molecule has 0 radical (unpaired) electrons. The fourth-order valence-electron chi connectivity index (χ4n) is 1.76. The molecule has 1 N–H and O–H groups in total. The lowest BCUT2D eigenvalue weighted by atomic mass is 10.2. The number of carboxylic acid groups (broad SMARTS) is 1. The second-order valence-corrected chi connectivity index (χ2v) is 5.85. The third-order valence-electron chi connectivity index (χ3n) is 2.59. The van der Waals surface area contributed by atoms with Crippen molar-refractivity contribution in [1.29, 1.82) is 0 Å². The Morgan fingerprint density at radius 3 is 2.62 bits per heavy atom. The van der Waals surface area contributed by atoms with Crippen LogP contribution in [0.5, 0.6) is 5.75 Å². The van der Waals surface area contributed by atoms with E-state index in [9.17, 15) is 4.79 Å². The molecular weight excluding hydrogens is 286 g/mol. The molecule has 0 fully saturated rings. The van der Waals surface area contributed by atoms with Crippen LogP contribution >= 0.6 is 11.8 Å². The number of ether oxygens (including phenoxy) is 1. The van der Waals surface area contributed by atoms with Gasteiger partial charge >= 0.3 is 5.97 Å². The lowest BCUT2D eigenvalue weighted by Gasteiger charge is -2.12. The van der Waals surface area contributed by atoms with E-state index in [4.69, 9.17) is 9.84 Å². The summed E-state index contributed by atoms with van der Waals surface area (Å²) < 4.78 is 5.73. The number of pyridine rings is 1. The summed E-state index contributed by atoms with van der Waals surface area (Å²) in [6, 6.07) is 11.2. The van der Waals surface area contributed by atoms with Crippen molar-refractivity contribution in [2.45, 2.75) is 36.3 Å². The van der Waals surface area contributed by atoms with Crippen LogP contribution in [0.4, 0.5) is 0 Å². The monoisotopic (exact) mass is 303 g/mol. The van der Waals surface area contributed by atoms with Crippen LogP contribution in [0.3, 0.4) is 0 Å². The van der Waals surface area contributed by atoms with Crippen LogP contribution in [-0.4, -0.2) is 22.2 Å². The van der Waals surface area contributed by atoms with Gasteiger partial charge in [-0.3, -0.25) is 4.79 Å². The zero-order valence-corrected chi connectivity index (χ0v) is 12.8. The average molecular weight is 303 g/mol. The van der Waals surface area contributed by atoms with E-state index in [2.05, 4.69) is 4.98 Å². The summed E-state index contributed by atoms with van der Waals surface area (Å²) in [6.07, 6.45) is 1.86. The molecule has 0 spiro atoms. The van der Waals surface area contributed by atoms with Gasteiger partial charge in [-0.15, -0.1) is 0 Å². The number of aliphatic carboxylic acids is 1. The van der Waals surface area contributed by atoms with E-state index >= 15 is 0 Å². The first kappa shape index (κ1) is 15.4. The molecule has 0 saturated heterocycles. The number of benzene rings is 1. The van der Waals surface area contributed by atoms with Crippen molar-refractivity contribution in [3.8, 4) is 5.75 Å². The average Bonchev–Trinajstić information content (AvgIpc) is 2.42. The van der Waals surface area contributed by atoms with Gasteiger partial charge in [-0.2, -0.15) is 0 Å². The third kappa shape index (κ3) is 4.79. The van der Waals surface area contributed by atoms with Gasteiger partial charge in [0.25, 0.3) is 0 Å². The van der Waals surface area contributed by atoms with Gasteiger partial charge in [0.15, 0.2) is 5.75 Å². The summed E-state index contributed by atoms with van der Waals surface area (Å²) in [6.45, 7) is 3.95. The minimum Gasteiger partial charge on any atom is -0.488 e. The fraction of sp³-hybridized carbons (Fsp3) is 0.250. The lowest BCUT2D eigenvalue weighted by molar-refractivity contribution is -0.136. The van der Waals surface area contributed by atoms with Crippen molar-refractivity contribution in [3.63, 3.8) is 0 Å². The summed E-state index contributed by atoms with van der Waals surface area (Å²) in [5.41, 5.74) is 0.784. The van der Waals surface area contributed by atoms with Crippen LogP contribution in [0, 0.1) is 0 Å². The van der Waals surface area contributed by atoms with E-state index in [1.54, 1.807) is 6.20 Å². The molecule has 1 aromatic carbocycles. The van der Waals surface area contributed by atoms with Crippen molar-refractivity contribution in [1.82, 2.24) is 4.98 Å². The van der Waals surface area contributed by atoms with Crippen LogP contribution in [0.1, 0.15) is 19.4 Å². The maximum Gasteiger partial charge on any atom is 0.307 e. The molecule has 2 aromatic rings. The summed E-state index contributed by atoms with van der Waals surface area (Å²) in [4.78, 5) is 16.0. The first-order valence-electron chi connectivity index (χ1n) is 6.65. The normalized spacial score (nSPS) is 10.6. The number of hydrogen-bond donors (Lipinski definition) is 1. The zero-order chi connectivity index (χ0) is 15.2. The number of nitrogens with zero attached hydrogens (tertiary/aromatic N) is 1. The summed E-state index contributed by atoms with van der Waals surface area (Å²) in [5.74, 6) is -0.0696. The van der Waals surface area contributed by atoms with E-state index in [0.29, 0.717) is 0 Å². The molecule has 5 heteroatoms. The van der Waals surface area contributed by atoms with Crippen LogP contribution in [-0.2, 0) is 11.2 Å². The van der Waals surface area contributed by atoms with Crippen LogP contribution in [0.2, 0.25) is 0 Å². The van der Waals surface area contributed by atoms with Crippen LogP contribution in [0.15, 0.2) is 52.5 Å². The van der Waals surface area contributed by atoms with Crippen molar-refractivity contribution in [2.75, 3.05) is 0 Å². The van der Waals surface area contributed by atoms with Crippen molar-refractivity contribution >= 4 is 17.7 Å². The molecule has 0 aliphatic carbocycles. The summed E-state index contributed by atoms with van der Waals surface area (Å²) in [7, 11) is 0. The molecule has 0 atom stereocenters. The molecular formula is C16H17NO3S. The minimum absolute atomic E-state index is 0.0379. The number of carbonyl (C=O) groups is 1. The Labute approximate surface area is 128 Å². The number of hydrogen-bond acceptors (Lipinski definition) is 4. The van der Waals surface area contributed by atoms with E-state index in [0.717, 1.165) is 21.2 Å². The van der Waals surface area contributed by atoms with Gasteiger partial charge in [0.05, 0.1) is 12.5 Å². The fourth-order valence-corrected chi connectivity index (χ4v) is 2.58. The second-order valence-electron chi connectivity index (χ2n) is 4.79. The minimum atomic E-state index is -0.826. The van der Waals surface area contributed by atoms with Crippen molar-refractivity contribution in [3.05, 3.63) is 48.2 Å². The maximum absolute atomic E-state index is 10.7. The highest BCUT2D eigenvalue weighted by molar-refractivity contribution is 7.99. The van der Waals surface area contributed by atoms with Crippen molar-refractivity contribution in [2.24, 2.45) is 0 Å². The predicted molar refractivity (Wildman–Crippen MR) is 81.9 cm³/mol. The molecule has 0 unspecified atom stereocenters.